The van der Waals surface area contributed by atoms with E-state index >= 15 is 0 Å². The fraction of sp³-hybridized carbons (Fsp3) is 0.833. The van der Waals surface area contributed by atoms with E-state index in [1.165, 1.54) is 4.90 Å². The minimum Gasteiger partial charge on any atom is -0.480 e. The molecule has 0 aromatic rings. The highest BCUT2D eigenvalue weighted by molar-refractivity contribution is 5.83. The SMILES string of the molecule is CCC(CC)N(C)C(=O)N1CCC[C@@H]1C(=O)O. The summed E-state index contributed by atoms with van der Waals surface area (Å²) in [5.41, 5.74) is 0. The molecule has 98 valence electrons. The normalized spacial score (nSPS) is 19.8. The summed E-state index contributed by atoms with van der Waals surface area (Å²) in [6, 6.07) is -0.597. The first-order valence-corrected chi connectivity index (χ1v) is 6.29. The van der Waals surface area contributed by atoms with Gasteiger partial charge in [0.25, 0.3) is 0 Å². The number of aliphatic carboxylic acids is 1. The van der Waals surface area contributed by atoms with Crippen LogP contribution in [0.5, 0.6) is 0 Å². The number of likely N-dealkylation sites (tertiary alicyclic amines) is 1. The average Bonchev–Trinajstić information content (AvgIpc) is 2.78. The van der Waals surface area contributed by atoms with E-state index in [-0.39, 0.29) is 12.1 Å². The van der Waals surface area contributed by atoms with E-state index in [0.29, 0.717) is 13.0 Å². The molecule has 2 amide bonds. The molecule has 0 aromatic carbocycles. The van der Waals surface area contributed by atoms with Gasteiger partial charge in [-0.1, -0.05) is 13.8 Å². The Balaban J connectivity index is 2.71. The summed E-state index contributed by atoms with van der Waals surface area (Å²) < 4.78 is 0. The van der Waals surface area contributed by atoms with Crippen LogP contribution in [0.25, 0.3) is 0 Å². The fourth-order valence-corrected chi connectivity index (χ4v) is 2.45. The maximum absolute atomic E-state index is 12.2. The highest BCUT2D eigenvalue weighted by Gasteiger charge is 2.36. The Kier molecular flexibility index (Phi) is 4.78. The molecule has 1 aliphatic heterocycles. The summed E-state index contributed by atoms with van der Waals surface area (Å²) in [4.78, 5) is 26.4. The lowest BCUT2D eigenvalue weighted by atomic mass is 10.1. The molecule has 0 aliphatic carbocycles. The summed E-state index contributed by atoms with van der Waals surface area (Å²) >= 11 is 0. The molecule has 0 spiro atoms. The van der Waals surface area contributed by atoms with Crippen molar-refractivity contribution in [3.63, 3.8) is 0 Å². The van der Waals surface area contributed by atoms with Gasteiger partial charge in [0.15, 0.2) is 0 Å². The van der Waals surface area contributed by atoms with Crippen LogP contribution in [-0.2, 0) is 4.79 Å². The number of hydrogen-bond acceptors (Lipinski definition) is 2. The number of carbonyl (C=O) groups is 2. The Morgan fingerprint density at radius 3 is 2.47 bits per heavy atom. The molecular weight excluding hydrogens is 220 g/mol. The molecule has 1 rings (SSSR count). The van der Waals surface area contributed by atoms with E-state index in [4.69, 9.17) is 5.11 Å². The molecule has 17 heavy (non-hydrogen) atoms. The van der Waals surface area contributed by atoms with Gasteiger partial charge in [0.2, 0.25) is 0 Å². The van der Waals surface area contributed by atoms with Gasteiger partial charge < -0.3 is 14.9 Å². The molecule has 1 atom stereocenters. The van der Waals surface area contributed by atoms with Crippen molar-refractivity contribution in [2.24, 2.45) is 0 Å². The number of amides is 2. The zero-order valence-corrected chi connectivity index (χ0v) is 10.8. The second-order valence-electron chi connectivity index (χ2n) is 4.55. The lowest BCUT2D eigenvalue weighted by Gasteiger charge is -2.32. The van der Waals surface area contributed by atoms with E-state index in [9.17, 15) is 9.59 Å². The number of hydrogen-bond donors (Lipinski definition) is 1. The first-order chi connectivity index (χ1) is 8.02. The van der Waals surface area contributed by atoms with Crippen LogP contribution in [0.2, 0.25) is 0 Å². The van der Waals surface area contributed by atoms with Gasteiger partial charge in [-0.25, -0.2) is 9.59 Å². The van der Waals surface area contributed by atoms with Crippen LogP contribution in [0.4, 0.5) is 4.79 Å². The lowest BCUT2D eigenvalue weighted by Crippen LogP contribution is -2.49. The van der Waals surface area contributed by atoms with Gasteiger partial charge in [0.1, 0.15) is 6.04 Å². The van der Waals surface area contributed by atoms with Gasteiger partial charge in [-0.05, 0) is 25.7 Å². The van der Waals surface area contributed by atoms with Crippen molar-refractivity contribution in [1.29, 1.82) is 0 Å². The maximum atomic E-state index is 12.2. The van der Waals surface area contributed by atoms with Crippen LogP contribution in [0, 0.1) is 0 Å². The molecule has 1 aliphatic rings. The minimum atomic E-state index is -0.895. The van der Waals surface area contributed by atoms with Crippen molar-refractivity contribution in [3.05, 3.63) is 0 Å². The molecular formula is C12H22N2O3. The fourth-order valence-electron chi connectivity index (χ4n) is 2.45. The first kappa shape index (κ1) is 13.8. The zero-order valence-electron chi connectivity index (χ0n) is 10.8. The largest absolute Gasteiger partial charge is 0.480 e. The van der Waals surface area contributed by atoms with Crippen LogP contribution >= 0.6 is 0 Å². The van der Waals surface area contributed by atoms with E-state index < -0.39 is 12.0 Å². The molecule has 0 aromatic heterocycles. The van der Waals surface area contributed by atoms with E-state index in [0.717, 1.165) is 19.3 Å². The summed E-state index contributed by atoms with van der Waals surface area (Å²) in [6.07, 6.45) is 3.13. The predicted octanol–water partition coefficient (Wildman–Crippen LogP) is 1.78. The quantitative estimate of drug-likeness (QED) is 0.817. The number of carbonyl (C=O) groups excluding carboxylic acids is 1. The number of nitrogens with zero attached hydrogens (tertiary/aromatic N) is 2. The van der Waals surface area contributed by atoms with Crippen LogP contribution in [0.15, 0.2) is 0 Å². The van der Waals surface area contributed by atoms with Gasteiger partial charge in [0.05, 0.1) is 0 Å². The predicted molar refractivity (Wildman–Crippen MR) is 64.9 cm³/mol. The third-order valence-corrected chi connectivity index (χ3v) is 3.58. The molecule has 1 heterocycles. The van der Waals surface area contributed by atoms with Crippen LogP contribution in [0.3, 0.4) is 0 Å². The summed E-state index contributed by atoms with van der Waals surface area (Å²) in [7, 11) is 1.76. The Labute approximate surface area is 102 Å². The summed E-state index contributed by atoms with van der Waals surface area (Å²) in [5.74, 6) is -0.895. The molecule has 0 saturated carbocycles. The third kappa shape index (κ3) is 2.90. The summed E-state index contributed by atoms with van der Waals surface area (Å²) in [6.45, 7) is 4.63. The standard InChI is InChI=1S/C12H22N2O3/c1-4-9(5-2)13(3)12(17)14-8-6-7-10(14)11(15)16/h9-10H,4-8H2,1-3H3,(H,15,16)/t10-/m1/s1. The minimum absolute atomic E-state index is 0.149. The molecule has 0 bridgehead atoms. The van der Waals surface area contributed by atoms with Crippen molar-refractivity contribution in [1.82, 2.24) is 9.80 Å². The lowest BCUT2D eigenvalue weighted by molar-refractivity contribution is -0.141. The topological polar surface area (TPSA) is 60.9 Å². The molecule has 5 heteroatoms. The van der Waals surface area contributed by atoms with Gasteiger partial charge in [0, 0.05) is 19.6 Å². The molecule has 0 unspecified atom stereocenters. The van der Waals surface area contributed by atoms with Crippen molar-refractivity contribution >= 4 is 12.0 Å². The van der Waals surface area contributed by atoms with E-state index in [1.807, 2.05) is 13.8 Å². The summed E-state index contributed by atoms with van der Waals surface area (Å²) in [5, 5.41) is 9.05. The zero-order chi connectivity index (χ0) is 13.0. The van der Waals surface area contributed by atoms with Crippen LogP contribution in [-0.4, -0.2) is 52.6 Å². The number of rotatable bonds is 4. The second kappa shape index (κ2) is 5.89. The number of carboxylic acids is 1. The van der Waals surface area contributed by atoms with Gasteiger partial charge in [-0.3, -0.25) is 0 Å². The van der Waals surface area contributed by atoms with Crippen molar-refractivity contribution < 1.29 is 14.7 Å². The molecule has 0 radical (unpaired) electrons. The average molecular weight is 242 g/mol. The Bertz CT molecular complexity index is 289. The van der Waals surface area contributed by atoms with Crippen LogP contribution < -0.4 is 0 Å². The van der Waals surface area contributed by atoms with Gasteiger partial charge in [-0.2, -0.15) is 0 Å². The Morgan fingerprint density at radius 1 is 1.41 bits per heavy atom. The van der Waals surface area contributed by atoms with E-state index in [2.05, 4.69) is 0 Å². The van der Waals surface area contributed by atoms with Crippen molar-refractivity contribution in [3.8, 4) is 0 Å². The van der Waals surface area contributed by atoms with Gasteiger partial charge >= 0.3 is 12.0 Å². The van der Waals surface area contributed by atoms with Crippen molar-refractivity contribution in [2.75, 3.05) is 13.6 Å². The highest BCUT2D eigenvalue weighted by Crippen LogP contribution is 2.20. The van der Waals surface area contributed by atoms with Gasteiger partial charge in [-0.15, -0.1) is 0 Å². The third-order valence-electron chi connectivity index (χ3n) is 3.58. The van der Waals surface area contributed by atoms with Crippen LogP contribution in [0.1, 0.15) is 39.5 Å². The highest BCUT2D eigenvalue weighted by atomic mass is 16.4. The Hall–Kier alpha value is -1.26. The van der Waals surface area contributed by atoms with Crippen molar-refractivity contribution in [2.45, 2.75) is 51.6 Å². The van der Waals surface area contributed by atoms with E-state index in [1.54, 1.807) is 11.9 Å². The number of urea groups is 1. The number of carboxylic acid groups (broad SMARTS) is 1. The molecule has 5 nitrogen and oxygen atoms in total. The smallest absolute Gasteiger partial charge is 0.326 e. The first-order valence-electron chi connectivity index (χ1n) is 6.29. The molecule has 1 fully saturated rings. The molecule has 1 N–H and O–H groups in total. The Morgan fingerprint density at radius 2 is 2.00 bits per heavy atom. The monoisotopic (exact) mass is 242 g/mol. The maximum Gasteiger partial charge on any atom is 0.326 e. The second-order valence-corrected chi connectivity index (χ2v) is 4.55. The molecule has 1 saturated heterocycles.